The second-order valence-corrected chi connectivity index (χ2v) is 5.57. The van der Waals surface area contributed by atoms with E-state index in [2.05, 4.69) is 64.2 Å². The second-order valence-electron chi connectivity index (χ2n) is 4.65. The molecule has 0 aliphatic rings. The van der Waals surface area contributed by atoms with Crippen molar-refractivity contribution in [3.63, 3.8) is 0 Å². The molecular weight excluding hydrogens is 302 g/mol. The van der Waals surface area contributed by atoms with Gasteiger partial charge in [-0.3, -0.25) is 0 Å². The third-order valence-electron chi connectivity index (χ3n) is 2.61. The Morgan fingerprint density at radius 2 is 2.00 bits per heavy atom. The Kier molecular flexibility index (Phi) is 6.81. The number of nitrogens with zero attached hydrogens (tertiary/aromatic N) is 2. The minimum Gasteiger partial charge on any atom is -0.349 e. The molecule has 3 nitrogen and oxygen atoms in total. The average Bonchev–Trinajstić information content (AvgIpc) is 2.36. The van der Waals surface area contributed by atoms with Crippen LogP contribution in [0, 0.1) is 0 Å². The van der Waals surface area contributed by atoms with Crippen molar-refractivity contribution in [3.05, 3.63) is 47.6 Å². The Morgan fingerprint density at radius 3 is 2.53 bits per heavy atom. The Morgan fingerprint density at radius 1 is 1.37 bits per heavy atom. The maximum absolute atomic E-state index is 4.54. The monoisotopic (exact) mass is 323 g/mol. The topological polar surface area (TPSA) is 28.2 Å². The zero-order valence-corrected chi connectivity index (χ0v) is 13.3. The molecule has 0 radical (unpaired) electrons. The summed E-state index contributed by atoms with van der Waals surface area (Å²) in [4.78, 5) is 6.69. The predicted molar refractivity (Wildman–Crippen MR) is 86.5 cm³/mol. The van der Waals surface area contributed by atoms with Gasteiger partial charge in [-0.1, -0.05) is 26.0 Å². The van der Waals surface area contributed by atoms with E-state index in [0.29, 0.717) is 6.04 Å². The summed E-state index contributed by atoms with van der Waals surface area (Å²) in [5, 5.41) is 3.43. The molecule has 0 fully saturated rings. The predicted octanol–water partition coefficient (Wildman–Crippen LogP) is 3.52. The summed E-state index contributed by atoms with van der Waals surface area (Å²) >= 11 is 3.48. The van der Waals surface area contributed by atoms with Crippen molar-refractivity contribution in [3.8, 4) is 0 Å². The molecular formula is C15H22BrN3. The van der Waals surface area contributed by atoms with Gasteiger partial charge in [-0.25, -0.2) is 4.98 Å². The highest BCUT2D eigenvalue weighted by Crippen LogP contribution is 2.21. The molecule has 0 saturated heterocycles. The highest BCUT2D eigenvalue weighted by molar-refractivity contribution is 9.10. The van der Waals surface area contributed by atoms with E-state index < -0.39 is 0 Å². The van der Waals surface area contributed by atoms with Gasteiger partial charge in [0.15, 0.2) is 0 Å². The van der Waals surface area contributed by atoms with E-state index in [1.54, 1.807) is 0 Å². The molecule has 0 aliphatic carbocycles. The minimum absolute atomic E-state index is 0.444. The van der Waals surface area contributed by atoms with E-state index in [0.717, 1.165) is 29.9 Å². The van der Waals surface area contributed by atoms with Gasteiger partial charge in [-0.2, -0.15) is 0 Å². The number of anilines is 1. The molecule has 4 heteroatoms. The number of halogens is 1. The van der Waals surface area contributed by atoms with Gasteiger partial charge >= 0.3 is 0 Å². The van der Waals surface area contributed by atoms with Gasteiger partial charge in [-0.15, -0.1) is 13.2 Å². The van der Waals surface area contributed by atoms with Crippen LogP contribution in [0.15, 0.2) is 42.0 Å². The number of aromatic nitrogens is 1. The second kappa shape index (κ2) is 8.12. The molecule has 0 spiro atoms. The summed E-state index contributed by atoms with van der Waals surface area (Å²) in [5.41, 5.74) is 1.17. The third-order valence-corrected chi connectivity index (χ3v) is 3.04. The SMILES string of the molecule is C=CCN(CC=C)c1ncc(Br)cc1CNC(C)C. The number of hydrogen-bond donors (Lipinski definition) is 1. The lowest BCUT2D eigenvalue weighted by molar-refractivity contribution is 0.587. The molecule has 0 unspecified atom stereocenters. The molecule has 1 heterocycles. The van der Waals surface area contributed by atoms with E-state index in [1.807, 2.05) is 18.3 Å². The van der Waals surface area contributed by atoms with Crippen LogP contribution in [0.25, 0.3) is 0 Å². The molecule has 0 atom stereocenters. The average molecular weight is 324 g/mol. The quantitative estimate of drug-likeness (QED) is 0.742. The van der Waals surface area contributed by atoms with Gasteiger partial charge in [0.2, 0.25) is 0 Å². The van der Waals surface area contributed by atoms with Crippen LogP contribution < -0.4 is 10.2 Å². The van der Waals surface area contributed by atoms with Crippen LogP contribution in [0.5, 0.6) is 0 Å². The highest BCUT2D eigenvalue weighted by Gasteiger charge is 2.11. The fourth-order valence-electron chi connectivity index (χ4n) is 1.76. The van der Waals surface area contributed by atoms with E-state index in [9.17, 15) is 0 Å². The molecule has 1 aromatic heterocycles. The first-order valence-electron chi connectivity index (χ1n) is 6.43. The van der Waals surface area contributed by atoms with Crippen LogP contribution in [0.3, 0.4) is 0 Å². The third kappa shape index (κ3) is 5.17. The van der Waals surface area contributed by atoms with E-state index in [-0.39, 0.29) is 0 Å². The molecule has 0 saturated carbocycles. The van der Waals surface area contributed by atoms with Crippen molar-refractivity contribution in [2.75, 3.05) is 18.0 Å². The lowest BCUT2D eigenvalue weighted by Crippen LogP contribution is -2.28. The van der Waals surface area contributed by atoms with Crippen molar-refractivity contribution in [1.29, 1.82) is 0 Å². The van der Waals surface area contributed by atoms with Crippen molar-refractivity contribution < 1.29 is 0 Å². The van der Waals surface area contributed by atoms with E-state index >= 15 is 0 Å². The Labute approximate surface area is 124 Å². The number of hydrogen-bond acceptors (Lipinski definition) is 3. The van der Waals surface area contributed by atoms with Gasteiger partial charge in [-0.05, 0) is 22.0 Å². The van der Waals surface area contributed by atoms with Crippen LogP contribution >= 0.6 is 15.9 Å². The largest absolute Gasteiger partial charge is 0.349 e. The van der Waals surface area contributed by atoms with Crippen LogP contribution in [-0.4, -0.2) is 24.1 Å². The van der Waals surface area contributed by atoms with Gasteiger partial charge in [0.1, 0.15) is 5.82 Å². The fourth-order valence-corrected chi connectivity index (χ4v) is 2.14. The van der Waals surface area contributed by atoms with Gasteiger partial charge in [0.25, 0.3) is 0 Å². The maximum atomic E-state index is 4.54. The van der Waals surface area contributed by atoms with Crippen molar-refractivity contribution in [1.82, 2.24) is 10.3 Å². The van der Waals surface area contributed by atoms with Gasteiger partial charge in [0.05, 0.1) is 0 Å². The van der Waals surface area contributed by atoms with Crippen LogP contribution in [0.4, 0.5) is 5.82 Å². The first-order valence-corrected chi connectivity index (χ1v) is 7.22. The van der Waals surface area contributed by atoms with E-state index in [1.165, 1.54) is 5.56 Å². The normalized spacial score (nSPS) is 10.5. The zero-order chi connectivity index (χ0) is 14.3. The zero-order valence-electron chi connectivity index (χ0n) is 11.7. The van der Waals surface area contributed by atoms with Crippen LogP contribution in [0.1, 0.15) is 19.4 Å². The van der Waals surface area contributed by atoms with Crippen LogP contribution in [-0.2, 0) is 6.54 Å². The number of nitrogens with one attached hydrogen (secondary N) is 1. The summed E-state index contributed by atoms with van der Waals surface area (Å²) < 4.78 is 0.994. The molecule has 19 heavy (non-hydrogen) atoms. The standard InChI is InChI=1S/C15H22BrN3/c1-5-7-19(8-6-2)15-13(10-17-12(3)4)9-14(16)11-18-15/h5-6,9,11-12,17H,1-2,7-8,10H2,3-4H3. The van der Waals surface area contributed by atoms with Gasteiger partial charge in [0, 0.05) is 41.9 Å². The summed E-state index contributed by atoms with van der Waals surface area (Å²) in [6.45, 7) is 14.2. The first kappa shape index (κ1) is 15.9. The molecule has 104 valence electrons. The lowest BCUT2D eigenvalue weighted by Gasteiger charge is -2.24. The molecule has 1 aromatic rings. The molecule has 0 aliphatic heterocycles. The molecule has 1 rings (SSSR count). The van der Waals surface area contributed by atoms with Gasteiger partial charge < -0.3 is 10.2 Å². The summed E-state index contributed by atoms with van der Waals surface area (Å²) in [5.74, 6) is 0.983. The molecule has 1 N–H and O–H groups in total. The number of rotatable bonds is 8. The minimum atomic E-state index is 0.444. The van der Waals surface area contributed by atoms with Crippen molar-refractivity contribution in [2.24, 2.45) is 0 Å². The molecule has 0 bridgehead atoms. The Hall–Kier alpha value is -1.13. The Bertz CT molecular complexity index is 419. The van der Waals surface area contributed by atoms with E-state index in [4.69, 9.17) is 0 Å². The van der Waals surface area contributed by atoms with Crippen LogP contribution in [0.2, 0.25) is 0 Å². The maximum Gasteiger partial charge on any atom is 0.133 e. The lowest BCUT2D eigenvalue weighted by atomic mass is 10.2. The highest BCUT2D eigenvalue weighted by atomic mass is 79.9. The summed E-state index contributed by atoms with van der Waals surface area (Å²) in [6, 6.07) is 2.55. The fraction of sp³-hybridized carbons (Fsp3) is 0.400. The molecule has 0 aromatic carbocycles. The summed E-state index contributed by atoms with van der Waals surface area (Å²) in [6.07, 6.45) is 5.59. The molecule has 0 amide bonds. The summed E-state index contributed by atoms with van der Waals surface area (Å²) in [7, 11) is 0. The van der Waals surface area contributed by atoms with Crippen molar-refractivity contribution in [2.45, 2.75) is 26.4 Å². The van der Waals surface area contributed by atoms with Crippen molar-refractivity contribution >= 4 is 21.7 Å². The smallest absolute Gasteiger partial charge is 0.133 e. The number of pyridine rings is 1. The first-order chi connectivity index (χ1) is 9.08. The Balaban J connectivity index is 3.01.